The second kappa shape index (κ2) is 8.82. The highest BCUT2D eigenvalue weighted by Crippen LogP contribution is 2.28. The zero-order chi connectivity index (χ0) is 17.6. The molecule has 0 saturated heterocycles. The molecule has 0 amide bonds. The van der Waals surface area contributed by atoms with Crippen molar-refractivity contribution in [3.63, 3.8) is 0 Å². The summed E-state index contributed by atoms with van der Waals surface area (Å²) in [7, 11) is 1.95. The number of carbonyl (C=O) groups is 1. The van der Waals surface area contributed by atoms with Crippen molar-refractivity contribution in [2.75, 3.05) is 6.61 Å². The average molecular weight is 335 g/mol. The molecule has 4 heteroatoms. The third-order valence-electron chi connectivity index (χ3n) is 5.57. The Labute approximate surface area is 146 Å². The Morgan fingerprint density at radius 2 is 2.04 bits per heavy atom. The summed E-state index contributed by atoms with van der Waals surface area (Å²) in [5.74, 6) is 1.09. The molecule has 1 heterocycles. The standard InChI is InChI=1S/C20H34N2O2/c1-20(21,15-23)14-13-17-11-12-18(22(17)2)19(24)10-6-9-16-7-4-3-5-8-16/h11-12,16,23H,3-10,13-15,21H2,1-2H3. The molecule has 0 radical (unpaired) electrons. The Bertz CT molecular complexity index is 528. The lowest BCUT2D eigenvalue weighted by Crippen LogP contribution is -2.40. The number of nitrogens with two attached hydrogens (primary N) is 1. The maximum Gasteiger partial charge on any atom is 0.179 e. The first kappa shape index (κ1) is 19.2. The van der Waals surface area contributed by atoms with E-state index in [2.05, 4.69) is 0 Å². The van der Waals surface area contributed by atoms with Gasteiger partial charge in [0, 0.05) is 24.7 Å². The quantitative estimate of drug-likeness (QED) is 0.678. The molecule has 1 atom stereocenters. The van der Waals surface area contributed by atoms with Crippen LogP contribution in [0.4, 0.5) is 0 Å². The molecule has 1 saturated carbocycles. The third kappa shape index (κ3) is 5.45. The number of ketones is 1. The number of aliphatic hydroxyl groups is 1. The molecular formula is C20H34N2O2. The van der Waals surface area contributed by atoms with Crippen molar-refractivity contribution in [3.8, 4) is 0 Å². The maximum atomic E-state index is 12.5. The highest BCUT2D eigenvalue weighted by molar-refractivity contribution is 5.94. The van der Waals surface area contributed by atoms with E-state index < -0.39 is 5.54 Å². The molecule has 4 nitrogen and oxygen atoms in total. The van der Waals surface area contributed by atoms with Gasteiger partial charge in [-0.15, -0.1) is 0 Å². The Morgan fingerprint density at radius 1 is 1.33 bits per heavy atom. The van der Waals surface area contributed by atoms with Crippen LogP contribution in [0, 0.1) is 5.92 Å². The van der Waals surface area contributed by atoms with Crippen molar-refractivity contribution in [2.24, 2.45) is 18.7 Å². The van der Waals surface area contributed by atoms with E-state index in [9.17, 15) is 9.90 Å². The molecule has 0 bridgehead atoms. The number of Topliss-reactive ketones (excluding diaryl/α,β-unsaturated/α-hetero) is 1. The van der Waals surface area contributed by atoms with Gasteiger partial charge in [-0.2, -0.15) is 0 Å². The molecule has 1 unspecified atom stereocenters. The summed E-state index contributed by atoms with van der Waals surface area (Å²) in [5.41, 5.74) is 7.34. The van der Waals surface area contributed by atoms with Crippen LogP contribution in [0.2, 0.25) is 0 Å². The van der Waals surface area contributed by atoms with E-state index >= 15 is 0 Å². The fraction of sp³-hybridized carbons (Fsp3) is 0.750. The minimum absolute atomic E-state index is 0.0234. The lowest BCUT2D eigenvalue weighted by atomic mass is 9.85. The van der Waals surface area contributed by atoms with Gasteiger partial charge in [-0.1, -0.05) is 38.5 Å². The molecule has 24 heavy (non-hydrogen) atoms. The van der Waals surface area contributed by atoms with E-state index in [0.717, 1.165) is 30.1 Å². The zero-order valence-corrected chi connectivity index (χ0v) is 15.4. The van der Waals surface area contributed by atoms with E-state index in [1.807, 2.05) is 30.7 Å². The Morgan fingerprint density at radius 3 is 2.71 bits per heavy atom. The van der Waals surface area contributed by atoms with Gasteiger partial charge in [0.15, 0.2) is 5.78 Å². The van der Waals surface area contributed by atoms with Gasteiger partial charge in [-0.05, 0) is 44.2 Å². The fourth-order valence-corrected chi connectivity index (χ4v) is 3.73. The molecule has 0 aromatic carbocycles. The molecule has 1 aliphatic rings. The fourth-order valence-electron chi connectivity index (χ4n) is 3.73. The molecule has 3 N–H and O–H groups in total. The molecule has 0 aliphatic heterocycles. The number of carbonyl (C=O) groups excluding carboxylic acids is 1. The van der Waals surface area contributed by atoms with E-state index in [-0.39, 0.29) is 12.4 Å². The van der Waals surface area contributed by atoms with Crippen molar-refractivity contribution in [2.45, 2.75) is 76.7 Å². The first-order valence-electron chi connectivity index (χ1n) is 9.50. The van der Waals surface area contributed by atoms with Crippen LogP contribution in [-0.2, 0) is 13.5 Å². The Hall–Kier alpha value is -1.13. The molecule has 136 valence electrons. The summed E-state index contributed by atoms with van der Waals surface area (Å²) >= 11 is 0. The smallest absolute Gasteiger partial charge is 0.179 e. The molecule has 2 rings (SSSR count). The predicted molar refractivity (Wildman–Crippen MR) is 98.2 cm³/mol. The summed E-state index contributed by atoms with van der Waals surface area (Å²) < 4.78 is 2.00. The first-order valence-corrected chi connectivity index (χ1v) is 9.50. The maximum absolute atomic E-state index is 12.5. The number of nitrogens with zero attached hydrogens (tertiary/aromatic N) is 1. The molecule has 1 aliphatic carbocycles. The van der Waals surface area contributed by atoms with Crippen molar-refractivity contribution in [3.05, 3.63) is 23.5 Å². The van der Waals surface area contributed by atoms with Gasteiger partial charge in [-0.3, -0.25) is 4.79 Å². The van der Waals surface area contributed by atoms with Crippen molar-refractivity contribution >= 4 is 5.78 Å². The average Bonchev–Trinajstić information content (AvgIpc) is 2.95. The van der Waals surface area contributed by atoms with Crippen LogP contribution in [-0.4, -0.2) is 27.6 Å². The highest BCUT2D eigenvalue weighted by atomic mass is 16.3. The number of aromatic nitrogens is 1. The lowest BCUT2D eigenvalue weighted by Gasteiger charge is -2.21. The first-order chi connectivity index (χ1) is 11.4. The van der Waals surface area contributed by atoms with E-state index in [1.54, 1.807) is 0 Å². The molecule has 1 aromatic heterocycles. The molecule has 0 spiro atoms. The number of rotatable bonds is 9. The van der Waals surface area contributed by atoms with E-state index in [0.29, 0.717) is 12.8 Å². The summed E-state index contributed by atoms with van der Waals surface area (Å²) in [6.45, 7) is 1.83. The Kier molecular flexibility index (Phi) is 7.05. The number of aryl methyl sites for hydroxylation is 1. The minimum atomic E-state index is -0.561. The van der Waals surface area contributed by atoms with Crippen LogP contribution < -0.4 is 5.73 Å². The summed E-state index contributed by atoms with van der Waals surface area (Å²) in [6.07, 6.45) is 11.2. The van der Waals surface area contributed by atoms with E-state index in [4.69, 9.17) is 5.73 Å². The van der Waals surface area contributed by atoms with Crippen LogP contribution in [0.25, 0.3) is 0 Å². The van der Waals surface area contributed by atoms with Gasteiger partial charge in [0.1, 0.15) is 0 Å². The second-order valence-electron chi connectivity index (χ2n) is 7.90. The van der Waals surface area contributed by atoms with Crippen molar-refractivity contribution in [1.29, 1.82) is 0 Å². The largest absolute Gasteiger partial charge is 0.394 e. The van der Waals surface area contributed by atoms with Crippen LogP contribution in [0.15, 0.2) is 12.1 Å². The number of hydrogen-bond donors (Lipinski definition) is 2. The zero-order valence-electron chi connectivity index (χ0n) is 15.4. The van der Waals surface area contributed by atoms with Gasteiger partial charge in [0.2, 0.25) is 0 Å². The highest BCUT2D eigenvalue weighted by Gasteiger charge is 2.19. The van der Waals surface area contributed by atoms with Gasteiger partial charge < -0.3 is 15.4 Å². The SMILES string of the molecule is Cn1c(CCC(C)(N)CO)ccc1C(=O)CCCC1CCCCC1. The topological polar surface area (TPSA) is 68.2 Å². The summed E-state index contributed by atoms with van der Waals surface area (Å²) in [4.78, 5) is 12.5. The van der Waals surface area contributed by atoms with Crippen LogP contribution in [0.1, 0.15) is 80.9 Å². The Balaban J connectivity index is 1.81. The predicted octanol–water partition coefficient (Wildman–Crippen LogP) is 3.60. The van der Waals surface area contributed by atoms with E-state index in [1.165, 1.54) is 38.5 Å². The molecule has 1 fully saturated rings. The normalized spacial score (nSPS) is 18.5. The molecular weight excluding hydrogens is 300 g/mol. The second-order valence-corrected chi connectivity index (χ2v) is 7.90. The summed E-state index contributed by atoms with van der Waals surface area (Å²) in [5, 5.41) is 9.25. The number of hydrogen-bond acceptors (Lipinski definition) is 3. The van der Waals surface area contributed by atoms with Crippen LogP contribution in [0.3, 0.4) is 0 Å². The minimum Gasteiger partial charge on any atom is -0.394 e. The monoisotopic (exact) mass is 334 g/mol. The van der Waals surface area contributed by atoms with Gasteiger partial charge >= 0.3 is 0 Å². The lowest BCUT2D eigenvalue weighted by molar-refractivity contribution is 0.0968. The van der Waals surface area contributed by atoms with Gasteiger partial charge in [0.05, 0.1) is 12.3 Å². The van der Waals surface area contributed by atoms with Crippen LogP contribution >= 0.6 is 0 Å². The van der Waals surface area contributed by atoms with Crippen LogP contribution in [0.5, 0.6) is 0 Å². The van der Waals surface area contributed by atoms with Crippen molar-refractivity contribution < 1.29 is 9.90 Å². The van der Waals surface area contributed by atoms with Crippen molar-refractivity contribution in [1.82, 2.24) is 4.57 Å². The summed E-state index contributed by atoms with van der Waals surface area (Å²) in [6, 6.07) is 3.95. The number of aliphatic hydroxyl groups excluding tert-OH is 1. The third-order valence-corrected chi connectivity index (χ3v) is 5.57. The van der Waals surface area contributed by atoms with Gasteiger partial charge in [-0.25, -0.2) is 0 Å². The van der Waals surface area contributed by atoms with Gasteiger partial charge in [0.25, 0.3) is 0 Å². The molecule has 1 aromatic rings.